The highest BCUT2D eigenvalue weighted by atomic mass is 32.2. The van der Waals surface area contributed by atoms with Crippen LogP contribution in [-0.4, -0.2) is 38.5 Å². The maximum Gasteiger partial charge on any atom is 0.148 e. The largest absolute Gasteiger partial charge is 0.330 e. The number of nitrogens with two attached hydrogens (primary N) is 1. The van der Waals surface area contributed by atoms with Crippen LogP contribution in [0.15, 0.2) is 0 Å². The molecular formula is C11H25NO2S2. The van der Waals surface area contributed by atoms with Crippen molar-refractivity contribution >= 4 is 21.6 Å². The number of hydrogen-bond donors (Lipinski definition) is 1. The van der Waals surface area contributed by atoms with E-state index in [-0.39, 0.29) is 5.41 Å². The van der Waals surface area contributed by atoms with Gasteiger partial charge < -0.3 is 5.73 Å². The average Bonchev–Trinajstić information content (AvgIpc) is 2.14. The fourth-order valence-corrected chi connectivity index (χ4v) is 3.52. The molecule has 0 aromatic carbocycles. The molecule has 0 saturated heterocycles. The van der Waals surface area contributed by atoms with Gasteiger partial charge in [-0.2, -0.15) is 11.8 Å². The molecule has 16 heavy (non-hydrogen) atoms. The summed E-state index contributed by atoms with van der Waals surface area (Å²) in [7, 11) is -2.78. The van der Waals surface area contributed by atoms with E-state index in [9.17, 15) is 8.42 Å². The van der Waals surface area contributed by atoms with E-state index in [2.05, 4.69) is 13.8 Å². The lowest BCUT2D eigenvalue weighted by molar-refractivity contribution is 0.336. The molecule has 0 spiro atoms. The van der Waals surface area contributed by atoms with Gasteiger partial charge >= 0.3 is 0 Å². The van der Waals surface area contributed by atoms with Crippen molar-refractivity contribution in [2.75, 3.05) is 30.1 Å². The van der Waals surface area contributed by atoms with Crippen LogP contribution in [0.4, 0.5) is 0 Å². The van der Waals surface area contributed by atoms with Crippen molar-refractivity contribution in [3.8, 4) is 0 Å². The molecule has 0 heterocycles. The van der Waals surface area contributed by atoms with Crippen LogP contribution in [0.25, 0.3) is 0 Å². The first-order chi connectivity index (χ1) is 7.27. The summed E-state index contributed by atoms with van der Waals surface area (Å²) in [6.07, 6.45) is 4.77. The standard InChI is InChI=1S/C11H25NO2S2/c1-11(2,10-12)6-4-5-7-15-8-9-16(3,13)14/h4-10,12H2,1-3H3. The Labute approximate surface area is 104 Å². The summed E-state index contributed by atoms with van der Waals surface area (Å²) < 4.78 is 21.7. The Morgan fingerprint density at radius 2 is 1.81 bits per heavy atom. The zero-order valence-electron chi connectivity index (χ0n) is 10.7. The van der Waals surface area contributed by atoms with Crippen LogP contribution in [0.5, 0.6) is 0 Å². The number of sulfone groups is 1. The van der Waals surface area contributed by atoms with Crippen LogP contribution < -0.4 is 5.73 Å². The number of unbranched alkanes of at least 4 members (excludes halogenated alkanes) is 1. The fraction of sp³-hybridized carbons (Fsp3) is 1.00. The minimum Gasteiger partial charge on any atom is -0.330 e. The topological polar surface area (TPSA) is 60.2 Å². The molecule has 0 aliphatic heterocycles. The maximum atomic E-state index is 10.9. The van der Waals surface area contributed by atoms with Crippen molar-refractivity contribution in [1.29, 1.82) is 0 Å². The van der Waals surface area contributed by atoms with Crippen molar-refractivity contribution in [2.24, 2.45) is 11.1 Å². The summed E-state index contributed by atoms with van der Waals surface area (Å²) in [6.45, 7) is 5.10. The van der Waals surface area contributed by atoms with E-state index < -0.39 is 9.84 Å². The molecule has 98 valence electrons. The minimum atomic E-state index is -2.78. The van der Waals surface area contributed by atoms with Gasteiger partial charge in [-0.25, -0.2) is 8.42 Å². The summed E-state index contributed by atoms with van der Waals surface area (Å²) in [5, 5.41) is 0. The van der Waals surface area contributed by atoms with Gasteiger partial charge in [0.05, 0.1) is 5.75 Å². The van der Waals surface area contributed by atoms with Crippen LogP contribution >= 0.6 is 11.8 Å². The predicted octanol–water partition coefficient (Wildman–Crippen LogP) is 1.92. The van der Waals surface area contributed by atoms with Gasteiger partial charge in [0.15, 0.2) is 0 Å². The molecule has 0 bridgehead atoms. The smallest absolute Gasteiger partial charge is 0.148 e. The summed E-state index contributed by atoms with van der Waals surface area (Å²) >= 11 is 1.73. The van der Waals surface area contributed by atoms with Gasteiger partial charge in [0.2, 0.25) is 0 Å². The second-order valence-electron chi connectivity index (χ2n) is 5.07. The van der Waals surface area contributed by atoms with Gasteiger partial charge in [0, 0.05) is 12.0 Å². The van der Waals surface area contributed by atoms with E-state index in [1.54, 1.807) is 11.8 Å². The van der Waals surface area contributed by atoms with Crippen LogP contribution in [-0.2, 0) is 9.84 Å². The van der Waals surface area contributed by atoms with Crippen molar-refractivity contribution in [3.63, 3.8) is 0 Å². The molecule has 0 radical (unpaired) electrons. The lowest BCUT2D eigenvalue weighted by atomic mass is 9.88. The summed E-state index contributed by atoms with van der Waals surface area (Å²) in [5.41, 5.74) is 5.89. The summed E-state index contributed by atoms with van der Waals surface area (Å²) in [6, 6.07) is 0. The molecule has 0 unspecified atom stereocenters. The van der Waals surface area contributed by atoms with Crippen LogP contribution in [0.2, 0.25) is 0 Å². The molecular weight excluding hydrogens is 242 g/mol. The third-order valence-corrected chi connectivity index (χ3v) is 4.82. The Bertz CT molecular complexity index is 274. The zero-order chi connectivity index (χ0) is 12.7. The predicted molar refractivity (Wildman–Crippen MR) is 73.7 cm³/mol. The summed E-state index contributed by atoms with van der Waals surface area (Å²) in [5.74, 6) is 2.07. The van der Waals surface area contributed by atoms with Gasteiger partial charge in [0.1, 0.15) is 9.84 Å². The van der Waals surface area contributed by atoms with Crippen LogP contribution in [0.1, 0.15) is 33.1 Å². The minimum absolute atomic E-state index is 0.247. The van der Waals surface area contributed by atoms with Crippen molar-refractivity contribution in [1.82, 2.24) is 0 Å². The molecule has 0 saturated carbocycles. The molecule has 0 aliphatic rings. The summed E-state index contributed by atoms with van der Waals surface area (Å²) in [4.78, 5) is 0. The average molecular weight is 267 g/mol. The van der Waals surface area contributed by atoms with E-state index in [0.717, 1.165) is 30.9 Å². The van der Waals surface area contributed by atoms with Crippen LogP contribution in [0, 0.1) is 5.41 Å². The van der Waals surface area contributed by atoms with Gasteiger partial charge in [-0.1, -0.05) is 20.3 Å². The van der Waals surface area contributed by atoms with E-state index in [0.29, 0.717) is 5.75 Å². The van der Waals surface area contributed by atoms with E-state index >= 15 is 0 Å². The Morgan fingerprint density at radius 3 is 2.31 bits per heavy atom. The van der Waals surface area contributed by atoms with Crippen molar-refractivity contribution in [3.05, 3.63) is 0 Å². The molecule has 2 N–H and O–H groups in total. The molecule has 3 nitrogen and oxygen atoms in total. The van der Waals surface area contributed by atoms with E-state index in [4.69, 9.17) is 5.73 Å². The second kappa shape index (κ2) is 7.56. The normalized spacial score (nSPS) is 13.0. The molecule has 0 amide bonds. The second-order valence-corrected chi connectivity index (χ2v) is 8.55. The maximum absolute atomic E-state index is 10.9. The lowest BCUT2D eigenvalue weighted by Crippen LogP contribution is -2.23. The molecule has 0 aromatic rings. The third-order valence-electron chi connectivity index (χ3n) is 2.54. The fourth-order valence-electron chi connectivity index (χ4n) is 1.22. The quantitative estimate of drug-likeness (QED) is 0.648. The van der Waals surface area contributed by atoms with Crippen molar-refractivity contribution < 1.29 is 8.42 Å². The van der Waals surface area contributed by atoms with Crippen LogP contribution in [0.3, 0.4) is 0 Å². The van der Waals surface area contributed by atoms with E-state index in [1.165, 1.54) is 12.7 Å². The molecule has 0 aliphatic carbocycles. The molecule has 0 fully saturated rings. The first-order valence-corrected chi connectivity index (χ1v) is 8.94. The van der Waals surface area contributed by atoms with Gasteiger partial charge in [-0.05, 0) is 30.6 Å². The Kier molecular flexibility index (Phi) is 7.68. The van der Waals surface area contributed by atoms with Crippen molar-refractivity contribution in [2.45, 2.75) is 33.1 Å². The Morgan fingerprint density at radius 1 is 1.19 bits per heavy atom. The van der Waals surface area contributed by atoms with Gasteiger partial charge in [-0.3, -0.25) is 0 Å². The van der Waals surface area contributed by atoms with Gasteiger partial charge in [0.25, 0.3) is 0 Å². The molecule has 0 atom stereocenters. The highest BCUT2D eigenvalue weighted by Gasteiger charge is 2.14. The monoisotopic (exact) mass is 267 g/mol. The Hall–Kier alpha value is 0.260. The van der Waals surface area contributed by atoms with E-state index in [1.807, 2.05) is 0 Å². The highest BCUT2D eigenvalue weighted by Crippen LogP contribution is 2.21. The number of rotatable bonds is 9. The SMILES string of the molecule is CC(C)(CN)CCCCSCCS(C)(=O)=O. The lowest BCUT2D eigenvalue weighted by Gasteiger charge is -2.21. The first kappa shape index (κ1) is 16.3. The first-order valence-electron chi connectivity index (χ1n) is 5.72. The number of thioether (sulfide) groups is 1. The third kappa shape index (κ3) is 10.8. The molecule has 0 aromatic heterocycles. The molecule has 5 heteroatoms. The Balaban J connectivity index is 3.35. The molecule has 0 rings (SSSR count). The highest BCUT2D eigenvalue weighted by molar-refractivity contribution is 8.00. The van der Waals surface area contributed by atoms with Gasteiger partial charge in [-0.15, -0.1) is 0 Å². The zero-order valence-corrected chi connectivity index (χ0v) is 12.3. The number of hydrogen-bond acceptors (Lipinski definition) is 4.